The van der Waals surface area contributed by atoms with E-state index in [-0.39, 0.29) is 28.4 Å². The van der Waals surface area contributed by atoms with Crippen LogP contribution < -0.4 is 0 Å². The Morgan fingerprint density at radius 2 is 1.26 bits per heavy atom. The first-order chi connectivity index (χ1) is 10.1. The van der Waals surface area contributed by atoms with E-state index in [1.165, 1.54) is 0 Å². The Balaban J connectivity index is 3.01. The van der Waals surface area contributed by atoms with E-state index < -0.39 is 16.6 Å². The molecule has 136 valence electrons. The maximum Gasteiger partial charge on any atom is 0.193 e. The van der Waals surface area contributed by atoms with Gasteiger partial charge < -0.3 is 13.6 Å². The predicted octanol–water partition coefficient (Wildman–Crippen LogP) is 5.70. The maximum absolute atomic E-state index is 6.69. The van der Waals surface area contributed by atoms with Crippen molar-refractivity contribution in [3.05, 3.63) is 12.3 Å². The highest BCUT2D eigenvalue weighted by Crippen LogP contribution is 2.41. The Labute approximate surface area is 146 Å². The summed E-state index contributed by atoms with van der Waals surface area (Å²) in [6.07, 6.45) is 3.79. The van der Waals surface area contributed by atoms with Gasteiger partial charge in [0.2, 0.25) is 0 Å². The minimum absolute atomic E-state index is 0.0175. The predicted molar refractivity (Wildman–Crippen MR) is 104 cm³/mol. The molecule has 0 amide bonds. The molecule has 1 aliphatic rings. The van der Waals surface area contributed by atoms with Crippen molar-refractivity contribution in [1.29, 1.82) is 0 Å². The van der Waals surface area contributed by atoms with E-state index in [4.69, 9.17) is 13.6 Å². The van der Waals surface area contributed by atoms with E-state index in [1.54, 1.807) is 6.26 Å². The van der Waals surface area contributed by atoms with Crippen LogP contribution in [0, 0.1) is 0 Å². The van der Waals surface area contributed by atoms with Crippen LogP contribution in [0.1, 0.15) is 48.5 Å². The van der Waals surface area contributed by atoms with Crippen LogP contribution in [0.3, 0.4) is 0 Å². The summed E-state index contributed by atoms with van der Waals surface area (Å²) in [4.78, 5) is 0. The summed E-state index contributed by atoms with van der Waals surface area (Å²) in [7, 11) is -3.73. The molecule has 0 saturated carbocycles. The molecule has 3 nitrogen and oxygen atoms in total. The number of hydrogen-bond donors (Lipinski definition) is 0. The van der Waals surface area contributed by atoms with E-state index in [0.29, 0.717) is 0 Å². The molecule has 1 aliphatic heterocycles. The lowest BCUT2D eigenvalue weighted by Gasteiger charge is -2.46. The quantitative estimate of drug-likeness (QED) is 0.603. The van der Waals surface area contributed by atoms with Gasteiger partial charge >= 0.3 is 0 Å². The van der Waals surface area contributed by atoms with E-state index in [1.807, 2.05) is 6.08 Å². The number of rotatable bonds is 4. The summed E-state index contributed by atoms with van der Waals surface area (Å²) in [6.45, 7) is 24.9. The summed E-state index contributed by atoms with van der Waals surface area (Å²) in [6, 6.07) is 0. The molecule has 0 spiro atoms. The molecule has 0 radical (unpaired) electrons. The zero-order valence-electron chi connectivity index (χ0n) is 17.1. The molecule has 0 aromatic rings. The van der Waals surface area contributed by atoms with Gasteiger partial charge in [0.1, 0.15) is 12.2 Å². The molecule has 0 N–H and O–H groups in total. The van der Waals surface area contributed by atoms with Gasteiger partial charge in [-0.1, -0.05) is 41.5 Å². The maximum atomic E-state index is 6.69. The first-order valence-electron chi connectivity index (χ1n) is 8.76. The van der Waals surface area contributed by atoms with Crippen LogP contribution in [0.25, 0.3) is 0 Å². The van der Waals surface area contributed by atoms with Gasteiger partial charge in [-0.05, 0) is 49.3 Å². The van der Waals surface area contributed by atoms with Crippen molar-refractivity contribution in [2.75, 3.05) is 0 Å². The van der Waals surface area contributed by atoms with Crippen molar-refractivity contribution in [3.8, 4) is 0 Å². The highest BCUT2D eigenvalue weighted by Gasteiger charge is 2.46. The van der Waals surface area contributed by atoms with Gasteiger partial charge in [-0.3, -0.25) is 0 Å². The van der Waals surface area contributed by atoms with E-state index in [2.05, 4.69) is 74.7 Å². The Kier molecular flexibility index (Phi) is 6.06. The SMILES string of the molecule is C[C@@H]1OC=C[C@@H](O[Si](C)(C)C(C)(C)C)[C@H]1O[Si](C)(C)C(C)(C)C. The Morgan fingerprint density at radius 1 is 0.826 bits per heavy atom. The van der Waals surface area contributed by atoms with E-state index in [0.717, 1.165) is 0 Å². The fourth-order valence-corrected chi connectivity index (χ4v) is 4.61. The van der Waals surface area contributed by atoms with E-state index >= 15 is 0 Å². The zero-order valence-corrected chi connectivity index (χ0v) is 19.1. The zero-order chi connectivity index (χ0) is 18.3. The molecule has 3 atom stereocenters. The van der Waals surface area contributed by atoms with Gasteiger partial charge in [-0.25, -0.2) is 0 Å². The summed E-state index contributed by atoms with van der Waals surface area (Å²) >= 11 is 0. The van der Waals surface area contributed by atoms with Crippen LogP contribution in [0.4, 0.5) is 0 Å². The van der Waals surface area contributed by atoms with Gasteiger partial charge in [-0.2, -0.15) is 0 Å². The normalized spacial score (nSPS) is 27.0. The lowest BCUT2D eigenvalue weighted by atomic mass is 10.1. The molecule has 0 unspecified atom stereocenters. The smallest absolute Gasteiger partial charge is 0.193 e. The average Bonchev–Trinajstić information content (AvgIpc) is 2.30. The number of hydrogen-bond acceptors (Lipinski definition) is 3. The molecule has 0 aromatic heterocycles. The van der Waals surface area contributed by atoms with E-state index in [9.17, 15) is 0 Å². The Bertz CT molecular complexity index is 431. The molecule has 0 saturated heterocycles. The molecular formula is C18H38O3Si2. The molecule has 0 aromatic carbocycles. The third kappa shape index (κ3) is 4.94. The highest BCUT2D eigenvalue weighted by atomic mass is 28.4. The molecule has 5 heteroatoms. The summed E-state index contributed by atoms with van der Waals surface area (Å²) in [5, 5.41) is 0.360. The molecule has 1 heterocycles. The van der Waals surface area contributed by atoms with Gasteiger partial charge in [0.05, 0.1) is 12.4 Å². The Morgan fingerprint density at radius 3 is 1.70 bits per heavy atom. The Hall–Kier alpha value is -0.106. The van der Waals surface area contributed by atoms with Crippen LogP contribution in [0.5, 0.6) is 0 Å². The molecule has 23 heavy (non-hydrogen) atoms. The second kappa shape index (κ2) is 6.66. The largest absolute Gasteiger partial charge is 0.496 e. The second-order valence-corrected chi connectivity index (χ2v) is 19.4. The molecule has 0 aliphatic carbocycles. The van der Waals surface area contributed by atoms with Crippen molar-refractivity contribution >= 4 is 16.6 Å². The third-order valence-corrected chi connectivity index (χ3v) is 14.8. The first kappa shape index (κ1) is 20.9. The van der Waals surface area contributed by atoms with Crippen molar-refractivity contribution in [2.24, 2.45) is 0 Å². The van der Waals surface area contributed by atoms with Crippen LogP contribution >= 0.6 is 0 Å². The van der Waals surface area contributed by atoms with Crippen LogP contribution in [0.2, 0.25) is 36.3 Å². The topological polar surface area (TPSA) is 27.7 Å². The summed E-state index contributed by atoms with van der Waals surface area (Å²) in [5.74, 6) is 0. The monoisotopic (exact) mass is 358 g/mol. The second-order valence-electron chi connectivity index (χ2n) is 9.86. The van der Waals surface area contributed by atoms with Crippen LogP contribution in [0.15, 0.2) is 12.3 Å². The van der Waals surface area contributed by atoms with Gasteiger partial charge in [0.15, 0.2) is 16.6 Å². The molecule has 0 bridgehead atoms. The lowest BCUT2D eigenvalue weighted by Crippen LogP contribution is -2.55. The average molecular weight is 359 g/mol. The minimum atomic E-state index is -1.88. The highest BCUT2D eigenvalue weighted by molar-refractivity contribution is 6.74. The summed E-state index contributed by atoms with van der Waals surface area (Å²) < 4.78 is 19.1. The van der Waals surface area contributed by atoms with Gasteiger partial charge in [0, 0.05) is 0 Å². The number of ether oxygens (including phenoxy) is 1. The lowest BCUT2D eigenvalue weighted by molar-refractivity contribution is -0.0422. The van der Waals surface area contributed by atoms with Crippen molar-refractivity contribution < 1.29 is 13.6 Å². The fourth-order valence-electron chi connectivity index (χ4n) is 2.00. The van der Waals surface area contributed by atoms with Crippen LogP contribution in [-0.4, -0.2) is 34.9 Å². The van der Waals surface area contributed by atoms with Gasteiger partial charge in [0.25, 0.3) is 0 Å². The standard InChI is InChI=1S/C18H38O3Si2/c1-14-16(21-23(10,11)18(5,6)7)15(12-13-19-14)20-22(8,9)17(2,3)4/h12-16H,1-11H3/t14-,15+,16-/m0/s1. The summed E-state index contributed by atoms with van der Waals surface area (Å²) in [5.41, 5.74) is 0. The molecule has 1 rings (SSSR count). The van der Waals surface area contributed by atoms with Crippen molar-refractivity contribution in [2.45, 2.75) is 103 Å². The van der Waals surface area contributed by atoms with Crippen molar-refractivity contribution in [3.63, 3.8) is 0 Å². The molecular weight excluding hydrogens is 320 g/mol. The fraction of sp³-hybridized carbons (Fsp3) is 0.889. The first-order valence-corrected chi connectivity index (χ1v) is 14.6. The van der Waals surface area contributed by atoms with Crippen molar-refractivity contribution in [1.82, 2.24) is 0 Å². The minimum Gasteiger partial charge on any atom is -0.496 e. The third-order valence-electron chi connectivity index (χ3n) is 5.82. The van der Waals surface area contributed by atoms with Crippen LogP contribution in [-0.2, 0) is 13.6 Å². The van der Waals surface area contributed by atoms with Gasteiger partial charge in [-0.15, -0.1) is 0 Å². The molecule has 0 fully saturated rings.